The van der Waals surface area contributed by atoms with Crippen LogP contribution in [0.2, 0.25) is 0 Å². The Bertz CT molecular complexity index is 1250. The molecule has 8 nitrogen and oxygen atoms in total. The maximum atomic E-state index is 12.3. The smallest absolute Gasteiger partial charge is 0.240 e. The zero-order chi connectivity index (χ0) is 21.0. The van der Waals surface area contributed by atoms with E-state index >= 15 is 0 Å². The predicted octanol–water partition coefficient (Wildman–Crippen LogP) is 2.90. The van der Waals surface area contributed by atoms with Crippen molar-refractivity contribution in [3.8, 4) is 5.82 Å². The molecule has 0 amide bonds. The summed E-state index contributed by atoms with van der Waals surface area (Å²) in [5.74, 6) is 1.19. The fraction of sp³-hybridized carbons (Fsp3) is 0.190. The molecule has 0 bridgehead atoms. The van der Waals surface area contributed by atoms with Gasteiger partial charge in [-0.2, -0.15) is 4.98 Å². The normalized spacial score (nSPS) is 11.6. The van der Waals surface area contributed by atoms with Gasteiger partial charge in [-0.15, -0.1) is 0 Å². The molecule has 9 heteroatoms. The van der Waals surface area contributed by atoms with E-state index in [4.69, 9.17) is 0 Å². The fourth-order valence-corrected chi connectivity index (χ4v) is 4.09. The first-order valence-corrected chi connectivity index (χ1v) is 11.1. The van der Waals surface area contributed by atoms with E-state index in [1.165, 1.54) is 0 Å². The van der Waals surface area contributed by atoms with Crippen LogP contribution in [0.15, 0.2) is 72.0 Å². The molecule has 2 N–H and O–H groups in total. The van der Waals surface area contributed by atoms with Crippen molar-refractivity contribution in [3.63, 3.8) is 0 Å². The second-order valence-electron chi connectivity index (χ2n) is 6.83. The van der Waals surface area contributed by atoms with Crippen molar-refractivity contribution >= 4 is 27.0 Å². The average Bonchev–Trinajstić information content (AvgIpc) is 3.18. The second kappa shape index (κ2) is 8.60. The highest BCUT2D eigenvalue weighted by Gasteiger charge is 2.12. The monoisotopic (exact) mass is 422 g/mol. The van der Waals surface area contributed by atoms with E-state index in [1.54, 1.807) is 36.7 Å². The SMILES string of the molecule is Cc1ccc(S(=O)(=O)NCCCNc2nccc(-n3ccc4cccnc43)n2)cc1. The van der Waals surface area contributed by atoms with Crippen LogP contribution in [0.4, 0.5) is 5.95 Å². The van der Waals surface area contributed by atoms with E-state index in [2.05, 4.69) is 25.0 Å². The van der Waals surface area contributed by atoms with Gasteiger partial charge in [-0.3, -0.25) is 4.57 Å². The summed E-state index contributed by atoms with van der Waals surface area (Å²) < 4.78 is 29.1. The Morgan fingerprint density at radius 2 is 1.80 bits per heavy atom. The lowest BCUT2D eigenvalue weighted by Gasteiger charge is -2.09. The first-order chi connectivity index (χ1) is 14.5. The minimum Gasteiger partial charge on any atom is -0.354 e. The number of fused-ring (bicyclic) bond motifs is 1. The fourth-order valence-electron chi connectivity index (χ4n) is 3.02. The highest BCUT2D eigenvalue weighted by atomic mass is 32.2. The summed E-state index contributed by atoms with van der Waals surface area (Å²) in [5, 5.41) is 4.17. The van der Waals surface area contributed by atoms with E-state index in [0.717, 1.165) is 16.6 Å². The van der Waals surface area contributed by atoms with Crippen molar-refractivity contribution in [2.75, 3.05) is 18.4 Å². The van der Waals surface area contributed by atoms with Crippen molar-refractivity contribution in [2.24, 2.45) is 0 Å². The van der Waals surface area contributed by atoms with Gasteiger partial charge in [-0.25, -0.2) is 23.1 Å². The molecule has 3 heterocycles. The number of hydrogen-bond donors (Lipinski definition) is 2. The highest BCUT2D eigenvalue weighted by molar-refractivity contribution is 7.89. The zero-order valence-corrected chi connectivity index (χ0v) is 17.3. The zero-order valence-electron chi connectivity index (χ0n) is 16.5. The third-order valence-electron chi connectivity index (χ3n) is 4.60. The molecule has 0 aliphatic rings. The van der Waals surface area contributed by atoms with Gasteiger partial charge in [0.05, 0.1) is 4.90 Å². The van der Waals surface area contributed by atoms with Gasteiger partial charge in [0.1, 0.15) is 11.5 Å². The molecule has 0 radical (unpaired) electrons. The number of nitrogens with one attached hydrogen (secondary N) is 2. The van der Waals surface area contributed by atoms with Crippen LogP contribution in [0.3, 0.4) is 0 Å². The van der Waals surface area contributed by atoms with Gasteiger partial charge in [0.25, 0.3) is 0 Å². The highest BCUT2D eigenvalue weighted by Crippen LogP contribution is 2.17. The lowest BCUT2D eigenvalue weighted by atomic mass is 10.2. The van der Waals surface area contributed by atoms with E-state index in [1.807, 2.05) is 42.0 Å². The number of pyridine rings is 1. The van der Waals surface area contributed by atoms with Crippen LogP contribution >= 0.6 is 0 Å². The Kier molecular flexibility index (Phi) is 5.73. The second-order valence-corrected chi connectivity index (χ2v) is 8.60. The standard InChI is InChI=1S/C21H22N6O2S/c1-16-5-7-18(8-6-16)30(28,29)25-13-3-12-23-21-24-14-9-19(26-21)27-15-10-17-4-2-11-22-20(17)27/h2,4-11,14-15,25H,3,12-13H2,1H3,(H,23,24,26). The molecule has 0 aliphatic carbocycles. The predicted molar refractivity (Wildman–Crippen MR) is 116 cm³/mol. The summed E-state index contributed by atoms with van der Waals surface area (Å²) in [6.07, 6.45) is 5.94. The first kappa shape index (κ1) is 20.0. The molecule has 0 fully saturated rings. The van der Waals surface area contributed by atoms with Crippen molar-refractivity contribution < 1.29 is 8.42 Å². The topological polar surface area (TPSA) is 102 Å². The number of nitrogens with zero attached hydrogens (tertiary/aromatic N) is 4. The van der Waals surface area contributed by atoms with Gasteiger partial charge < -0.3 is 5.32 Å². The Morgan fingerprint density at radius 1 is 0.967 bits per heavy atom. The van der Waals surface area contributed by atoms with Crippen LogP contribution in [0.5, 0.6) is 0 Å². The molecule has 4 rings (SSSR count). The molecule has 30 heavy (non-hydrogen) atoms. The Labute approximate surface area is 175 Å². The van der Waals surface area contributed by atoms with Crippen molar-refractivity contribution in [1.29, 1.82) is 0 Å². The summed E-state index contributed by atoms with van der Waals surface area (Å²) in [6, 6.07) is 14.5. The van der Waals surface area contributed by atoms with Gasteiger partial charge in [0, 0.05) is 37.1 Å². The third kappa shape index (κ3) is 4.47. The number of anilines is 1. The van der Waals surface area contributed by atoms with Crippen LogP contribution < -0.4 is 10.0 Å². The molecule has 0 saturated carbocycles. The van der Waals surface area contributed by atoms with Crippen LogP contribution in [0.1, 0.15) is 12.0 Å². The summed E-state index contributed by atoms with van der Waals surface area (Å²) in [6.45, 7) is 2.77. The van der Waals surface area contributed by atoms with Gasteiger partial charge >= 0.3 is 0 Å². The molecule has 4 aromatic rings. The summed E-state index contributed by atoms with van der Waals surface area (Å²) in [7, 11) is -3.50. The number of aryl methyl sites for hydroxylation is 1. The van der Waals surface area contributed by atoms with Crippen molar-refractivity contribution in [2.45, 2.75) is 18.2 Å². The number of benzene rings is 1. The number of rotatable bonds is 8. The van der Waals surface area contributed by atoms with Crippen LogP contribution in [-0.4, -0.2) is 41.0 Å². The lowest BCUT2D eigenvalue weighted by Crippen LogP contribution is -2.26. The van der Waals surface area contributed by atoms with E-state index in [0.29, 0.717) is 31.3 Å². The van der Waals surface area contributed by atoms with Gasteiger partial charge in [0.2, 0.25) is 16.0 Å². The molecule has 0 unspecified atom stereocenters. The Balaban J connectivity index is 1.33. The van der Waals surface area contributed by atoms with Crippen LogP contribution in [0.25, 0.3) is 16.9 Å². The summed E-state index contributed by atoms with van der Waals surface area (Å²) in [5.41, 5.74) is 1.84. The van der Waals surface area contributed by atoms with Crippen molar-refractivity contribution in [1.82, 2.24) is 24.2 Å². The first-order valence-electron chi connectivity index (χ1n) is 9.59. The summed E-state index contributed by atoms with van der Waals surface area (Å²) >= 11 is 0. The molecule has 154 valence electrons. The minimum atomic E-state index is -3.50. The molecule has 0 saturated heterocycles. The van der Waals surface area contributed by atoms with E-state index < -0.39 is 10.0 Å². The average molecular weight is 423 g/mol. The maximum absolute atomic E-state index is 12.3. The molecular weight excluding hydrogens is 400 g/mol. The van der Waals surface area contributed by atoms with E-state index in [-0.39, 0.29) is 4.90 Å². The molecule has 3 aromatic heterocycles. The quantitative estimate of drug-likeness (QED) is 0.423. The van der Waals surface area contributed by atoms with Gasteiger partial charge in [-0.05, 0) is 49.7 Å². The van der Waals surface area contributed by atoms with Crippen LogP contribution in [-0.2, 0) is 10.0 Å². The molecule has 0 spiro atoms. The number of sulfonamides is 1. The molecular formula is C21H22N6O2S. The lowest BCUT2D eigenvalue weighted by molar-refractivity contribution is 0.580. The number of aromatic nitrogens is 4. The Hall–Kier alpha value is -3.30. The largest absolute Gasteiger partial charge is 0.354 e. The maximum Gasteiger partial charge on any atom is 0.240 e. The summed E-state index contributed by atoms with van der Waals surface area (Å²) in [4.78, 5) is 13.4. The number of hydrogen-bond acceptors (Lipinski definition) is 6. The molecule has 0 atom stereocenters. The Morgan fingerprint density at radius 3 is 2.63 bits per heavy atom. The van der Waals surface area contributed by atoms with Crippen LogP contribution in [0, 0.1) is 6.92 Å². The van der Waals surface area contributed by atoms with Crippen molar-refractivity contribution in [3.05, 3.63) is 72.7 Å². The molecule has 0 aliphatic heterocycles. The minimum absolute atomic E-state index is 0.268. The molecule has 1 aromatic carbocycles. The van der Waals surface area contributed by atoms with Gasteiger partial charge in [-0.1, -0.05) is 17.7 Å². The van der Waals surface area contributed by atoms with E-state index in [9.17, 15) is 8.42 Å². The van der Waals surface area contributed by atoms with Gasteiger partial charge in [0.15, 0.2) is 0 Å². The third-order valence-corrected chi connectivity index (χ3v) is 6.07.